The molecule has 0 spiro atoms. The van der Waals surface area contributed by atoms with E-state index in [2.05, 4.69) is 6.58 Å². The van der Waals surface area contributed by atoms with Crippen molar-refractivity contribution in [3.8, 4) is 11.5 Å². The summed E-state index contributed by atoms with van der Waals surface area (Å²) in [5, 5.41) is 0.634. The minimum atomic E-state index is 0.595. The number of rotatable bonds is 7. The maximum absolute atomic E-state index is 6.15. The average molecular weight is 255 g/mol. The number of aryl methyl sites for hydroxylation is 1. The molecule has 0 saturated heterocycles. The molecule has 0 aliphatic heterocycles. The molecule has 0 saturated carbocycles. The summed E-state index contributed by atoms with van der Waals surface area (Å²) in [6, 6.07) is 3.79. The van der Waals surface area contributed by atoms with Gasteiger partial charge in [-0.15, -0.1) is 6.58 Å². The highest BCUT2D eigenvalue weighted by Crippen LogP contribution is 2.33. The van der Waals surface area contributed by atoms with Crippen molar-refractivity contribution in [2.45, 2.75) is 26.7 Å². The van der Waals surface area contributed by atoms with E-state index in [9.17, 15) is 0 Å². The minimum absolute atomic E-state index is 0.595. The summed E-state index contributed by atoms with van der Waals surface area (Å²) in [4.78, 5) is 0. The van der Waals surface area contributed by atoms with Gasteiger partial charge < -0.3 is 9.47 Å². The van der Waals surface area contributed by atoms with Gasteiger partial charge in [-0.1, -0.05) is 17.7 Å². The van der Waals surface area contributed by atoms with Crippen molar-refractivity contribution in [1.29, 1.82) is 0 Å². The molecule has 0 N–H and O–H groups in total. The Morgan fingerprint density at radius 3 is 2.41 bits per heavy atom. The topological polar surface area (TPSA) is 18.5 Å². The van der Waals surface area contributed by atoms with Crippen molar-refractivity contribution in [1.82, 2.24) is 0 Å². The molecule has 2 nitrogen and oxygen atoms in total. The summed E-state index contributed by atoms with van der Waals surface area (Å²) in [6.07, 6.45) is 3.68. The molecule has 1 aromatic rings. The third-order valence-electron chi connectivity index (χ3n) is 2.33. The number of allylic oxidation sites excluding steroid dienone is 1. The van der Waals surface area contributed by atoms with Gasteiger partial charge in [0, 0.05) is 6.07 Å². The van der Waals surface area contributed by atoms with Gasteiger partial charge >= 0.3 is 0 Å². The standard InChI is InChI=1S/C14H19ClO2/c1-4-7-8-11-9-12(15)14(17-6-3)10-13(11)16-5-2/h4,9-10H,1,5-8H2,2-3H3. The predicted molar refractivity (Wildman–Crippen MR) is 72.3 cm³/mol. The average Bonchev–Trinajstić information content (AvgIpc) is 2.32. The van der Waals surface area contributed by atoms with Gasteiger partial charge in [-0.05, 0) is 38.3 Å². The zero-order valence-electron chi connectivity index (χ0n) is 10.5. The zero-order valence-corrected chi connectivity index (χ0v) is 11.2. The molecule has 1 rings (SSSR count). The molecule has 0 aromatic heterocycles. The van der Waals surface area contributed by atoms with Crippen LogP contribution in [0.3, 0.4) is 0 Å². The second kappa shape index (κ2) is 7.23. The summed E-state index contributed by atoms with van der Waals surface area (Å²) in [7, 11) is 0. The van der Waals surface area contributed by atoms with Crippen LogP contribution in [0.25, 0.3) is 0 Å². The van der Waals surface area contributed by atoms with E-state index in [-0.39, 0.29) is 0 Å². The van der Waals surface area contributed by atoms with Crippen molar-refractivity contribution >= 4 is 11.6 Å². The third-order valence-corrected chi connectivity index (χ3v) is 2.63. The van der Waals surface area contributed by atoms with Crippen LogP contribution in [-0.4, -0.2) is 13.2 Å². The molecule has 0 atom stereocenters. The SMILES string of the molecule is C=CCCc1cc(Cl)c(OCC)cc1OCC. The Bertz CT molecular complexity index is 375. The smallest absolute Gasteiger partial charge is 0.141 e. The molecule has 0 unspecified atom stereocenters. The Hall–Kier alpha value is -1.15. The van der Waals surface area contributed by atoms with Crippen LogP contribution in [0.15, 0.2) is 24.8 Å². The summed E-state index contributed by atoms with van der Waals surface area (Å²) < 4.78 is 11.1. The third kappa shape index (κ3) is 3.97. The first-order chi connectivity index (χ1) is 8.22. The van der Waals surface area contributed by atoms with Crippen molar-refractivity contribution in [2.75, 3.05) is 13.2 Å². The number of hydrogen-bond acceptors (Lipinski definition) is 2. The largest absolute Gasteiger partial charge is 0.493 e. The van der Waals surface area contributed by atoms with E-state index < -0.39 is 0 Å². The first-order valence-corrected chi connectivity index (χ1v) is 6.29. The summed E-state index contributed by atoms with van der Waals surface area (Å²) in [6.45, 7) is 8.85. The monoisotopic (exact) mass is 254 g/mol. The van der Waals surface area contributed by atoms with Crippen LogP contribution in [0.4, 0.5) is 0 Å². The van der Waals surface area contributed by atoms with E-state index in [4.69, 9.17) is 21.1 Å². The molecule has 94 valence electrons. The molecule has 3 heteroatoms. The van der Waals surface area contributed by atoms with Gasteiger partial charge in [-0.2, -0.15) is 0 Å². The normalized spacial score (nSPS) is 10.1. The number of ether oxygens (including phenoxy) is 2. The van der Waals surface area contributed by atoms with Crippen LogP contribution < -0.4 is 9.47 Å². The van der Waals surface area contributed by atoms with E-state index in [1.54, 1.807) is 0 Å². The van der Waals surface area contributed by atoms with Crippen LogP contribution in [-0.2, 0) is 6.42 Å². The zero-order chi connectivity index (χ0) is 12.7. The molecule has 0 amide bonds. The maximum Gasteiger partial charge on any atom is 0.141 e. The van der Waals surface area contributed by atoms with E-state index in [1.807, 2.05) is 32.1 Å². The van der Waals surface area contributed by atoms with E-state index in [0.29, 0.717) is 24.0 Å². The Labute approximate surface area is 108 Å². The van der Waals surface area contributed by atoms with E-state index in [0.717, 1.165) is 24.2 Å². The molecular formula is C14H19ClO2. The van der Waals surface area contributed by atoms with Gasteiger partial charge in [0.2, 0.25) is 0 Å². The van der Waals surface area contributed by atoms with Crippen LogP contribution >= 0.6 is 11.6 Å². The lowest BCUT2D eigenvalue weighted by Crippen LogP contribution is -1.99. The molecule has 0 aliphatic carbocycles. The molecule has 0 aliphatic rings. The minimum Gasteiger partial charge on any atom is -0.493 e. The molecule has 0 bridgehead atoms. The number of halogens is 1. The second-order valence-corrected chi connectivity index (χ2v) is 3.99. The lowest BCUT2D eigenvalue weighted by Gasteiger charge is -2.13. The van der Waals surface area contributed by atoms with Crippen LogP contribution in [0, 0.1) is 0 Å². The van der Waals surface area contributed by atoms with Crippen LogP contribution in [0.2, 0.25) is 5.02 Å². The first-order valence-electron chi connectivity index (χ1n) is 5.91. The molecule has 17 heavy (non-hydrogen) atoms. The van der Waals surface area contributed by atoms with Gasteiger partial charge in [-0.3, -0.25) is 0 Å². The Morgan fingerprint density at radius 2 is 1.82 bits per heavy atom. The highest BCUT2D eigenvalue weighted by molar-refractivity contribution is 6.32. The quantitative estimate of drug-likeness (QED) is 0.677. The van der Waals surface area contributed by atoms with E-state index >= 15 is 0 Å². The number of benzene rings is 1. The molecular weight excluding hydrogens is 236 g/mol. The first kappa shape index (κ1) is 13.9. The van der Waals surface area contributed by atoms with Gasteiger partial charge in [-0.25, -0.2) is 0 Å². The van der Waals surface area contributed by atoms with Crippen molar-refractivity contribution in [3.05, 3.63) is 35.4 Å². The van der Waals surface area contributed by atoms with Crippen LogP contribution in [0.5, 0.6) is 11.5 Å². The summed E-state index contributed by atoms with van der Waals surface area (Å²) in [5.74, 6) is 1.53. The Morgan fingerprint density at radius 1 is 1.18 bits per heavy atom. The lowest BCUT2D eigenvalue weighted by atomic mass is 10.1. The van der Waals surface area contributed by atoms with E-state index in [1.165, 1.54) is 0 Å². The highest BCUT2D eigenvalue weighted by atomic mass is 35.5. The molecule has 0 fully saturated rings. The highest BCUT2D eigenvalue weighted by Gasteiger charge is 2.10. The second-order valence-electron chi connectivity index (χ2n) is 3.58. The summed E-state index contributed by atoms with van der Waals surface area (Å²) >= 11 is 6.15. The lowest BCUT2D eigenvalue weighted by molar-refractivity contribution is 0.321. The Balaban J connectivity index is 3.01. The van der Waals surface area contributed by atoms with Gasteiger partial charge in [0.05, 0.1) is 18.2 Å². The van der Waals surface area contributed by atoms with Crippen molar-refractivity contribution < 1.29 is 9.47 Å². The summed E-state index contributed by atoms with van der Waals surface area (Å²) in [5.41, 5.74) is 1.10. The Kier molecular flexibility index (Phi) is 5.92. The predicted octanol–water partition coefficient (Wildman–Crippen LogP) is 4.26. The van der Waals surface area contributed by atoms with Crippen LogP contribution in [0.1, 0.15) is 25.8 Å². The van der Waals surface area contributed by atoms with Crippen molar-refractivity contribution in [3.63, 3.8) is 0 Å². The molecule has 1 aromatic carbocycles. The number of hydrogen-bond donors (Lipinski definition) is 0. The fraction of sp³-hybridized carbons (Fsp3) is 0.429. The molecule has 0 heterocycles. The van der Waals surface area contributed by atoms with Gasteiger partial charge in [0.1, 0.15) is 11.5 Å². The maximum atomic E-state index is 6.15. The van der Waals surface area contributed by atoms with Crippen molar-refractivity contribution in [2.24, 2.45) is 0 Å². The van der Waals surface area contributed by atoms with Gasteiger partial charge in [0.25, 0.3) is 0 Å². The fourth-order valence-electron chi connectivity index (χ4n) is 1.58. The molecule has 0 radical (unpaired) electrons. The fourth-order valence-corrected chi connectivity index (χ4v) is 1.83. The van der Waals surface area contributed by atoms with Gasteiger partial charge in [0.15, 0.2) is 0 Å².